The molecule has 0 bridgehead atoms. The molecule has 1 aromatic heterocycles. The highest BCUT2D eigenvalue weighted by atomic mass is 32.2. The Labute approximate surface area is 204 Å². The number of aromatic nitrogens is 2. The standard InChI is InChI=1S/C25H29N5O4S/c1-16-6-7-19(26)13-25(16)35(32,33)30-20-5-3-4-18(12-20)24(31)15-27-10-11-34-21-8-9-22-17(2)28-29-23(22)14-21/h3-9,12-14,24,27,30-31H,10-11,15,26H2,1-2H3,(H,28,29)/t24-/m0/s1. The molecule has 4 rings (SSSR count). The van der Waals surface area contributed by atoms with Gasteiger partial charge in [0.15, 0.2) is 0 Å². The summed E-state index contributed by atoms with van der Waals surface area (Å²) >= 11 is 0. The maximum absolute atomic E-state index is 12.8. The number of rotatable bonds is 10. The average Bonchev–Trinajstić information content (AvgIpc) is 3.20. The van der Waals surface area contributed by atoms with E-state index in [0.29, 0.717) is 35.7 Å². The maximum atomic E-state index is 12.8. The number of aryl methyl sites for hydroxylation is 2. The van der Waals surface area contributed by atoms with Crippen LogP contribution in [0.4, 0.5) is 11.4 Å². The molecule has 10 heteroatoms. The number of aliphatic hydroxyl groups is 1. The molecule has 184 valence electrons. The van der Waals surface area contributed by atoms with Gasteiger partial charge in [-0.15, -0.1) is 0 Å². The van der Waals surface area contributed by atoms with Crippen LogP contribution in [0.5, 0.6) is 5.75 Å². The van der Waals surface area contributed by atoms with Gasteiger partial charge in [0.25, 0.3) is 10.0 Å². The molecule has 0 saturated carbocycles. The van der Waals surface area contributed by atoms with Crippen molar-refractivity contribution in [1.29, 1.82) is 0 Å². The zero-order chi connectivity index (χ0) is 25.0. The maximum Gasteiger partial charge on any atom is 0.262 e. The Kier molecular flexibility index (Phi) is 7.25. The molecule has 0 radical (unpaired) electrons. The number of ether oxygens (including phenoxy) is 1. The van der Waals surface area contributed by atoms with Crippen LogP contribution in [-0.4, -0.2) is 43.4 Å². The van der Waals surface area contributed by atoms with Crippen LogP contribution in [0, 0.1) is 13.8 Å². The van der Waals surface area contributed by atoms with Gasteiger partial charge in [-0.05, 0) is 61.4 Å². The molecule has 0 aliphatic rings. The second-order valence-electron chi connectivity index (χ2n) is 8.34. The highest BCUT2D eigenvalue weighted by Gasteiger charge is 2.18. The van der Waals surface area contributed by atoms with E-state index in [1.165, 1.54) is 6.07 Å². The van der Waals surface area contributed by atoms with Crippen molar-refractivity contribution >= 4 is 32.3 Å². The van der Waals surface area contributed by atoms with Gasteiger partial charge in [0, 0.05) is 35.9 Å². The summed E-state index contributed by atoms with van der Waals surface area (Å²) in [7, 11) is -3.82. The number of sulfonamides is 1. The van der Waals surface area contributed by atoms with E-state index in [4.69, 9.17) is 10.5 Å². The monoisotopic (exact) mass is 495 g/mol. The van der Waals surface area contributed by atoms with Crippen LogP contribution in [0.1, 0.15) is 22.9 Å². The number of nitrogens with two attached hydrogens (primary N) is 1. The van der Waals surface area contributed by atoms with Crippen LogP contribution in [0.2, 0.25) is 0 Å². The predicted molar refractivity (Wildman–Crippen MR) is 137 cm³/mol. The average molecular weight is 496 g/mol. The van der Waals surface area contributed by atoms with Gasteiger partial charge in [0.1, 0.15) is 12.4 Å². The molecule has 1 atom stereocenters. The molecule has 0 unspecified atom stereocenters. The second kappa shape index (κ2) is 10.3. The van der Waals surface area contributed by atoms with Gasteiger partial charge in [-0.3, -0.25) is 9.82 Å². The van der Waals surface area contributed by atoms with Crippen molar-refractivity contribution < 1.29 is 18.3 Å². The largest absolute Gasteiger partial charge is 0.492 e. The molecule has 0 aliphatic carbocycles. The first-order valence-corrected chi connectivity index (χ1v) is 12.7. The summed E-state index contributed by atoms with van der Waals surface area (Å²) < 4.78 is 34.0. The van der Waals surface area contributed by atoms with Gasteiger partial charge in [-0.2, -0.15) is 5.10 Å². The molecule has 0 aliphatic heterocycles. The van der Waals surface area contributed by atoms with Crippen molar-refractivity contribution in [3.63, 3.8) is 0 Å². The number of aliphatic hydroxyl groups excluding tert-OH is 1. The zero-order valence-electron chi connectivity index (χ0n) is 19.6. The number of H-pyrrole nitrogens is 1. The molecule has 35 heavy (non-hydrogen) atoms. The van der Waals surface area contributed by atoms with Crippen LogP contribution < -0.4 is 20.5 Å². The number of aromatic amines is 1. The Morgan fingerprint density at radius 3 is 2.77 bits per heavy atom. The molecule has 6 N–H and O–H groups in total. The minimum atomic E-state index is -3.82. The predicted octanol–water partition coefficient (Wildman–Crippen LogP) is 3.26. The molecular weight excluding hydrogens is 466 g/mol. The normalized spacial score (nSPS) is 12.5. The molecule has 0 spiro atoms. The number of benzene rings is 3. The second-order valence-corrected chi connectivity index (χ2v) is 9.99. The van der Waals surface area contributed by atoms with Gasteiger partial charge >= 0.3 is 0 Å². The first-order valence-electron chi connectivity index (χ1n) is 11.2. The Hall–Kier alpha value is -3.60. The lowest BCUT2D eigenvalue weighted by Crippen LogP contribution is -2.26. The lowest BCUT2D eigenvalue weighted by Gasteiger charge is -2.15. The van der Waals surface area contributed by atoms with Gasteiger partial charge in [0.2, 0.25) is 0 Å². The molecule has 3 aromatic carbocycles. The lowest BCUT2D eigenvalue weighted by molar-refractivity contribution is 0.172. The van der Waals surface area contributed by atoms with E-state index in [9.17, 15) is 13.5 Å². The highest BCUT2D eigenvalue weighted by molar-refractivity contribution is 7.92. The third kappa shape index (κ3) is 5.91. The lowest BCUT2D eigenvalue weighted by atomic mass is 10.1. The van der Waals surface area contributed by atoms with Crippen LogP contribution in [0.25, 0.3) is 10.9 Å². The molecule has 0 saturated heterocycles. The molecule has 1 heterocycles. The number of nitrogens with one attached hydrogen (secondary N) is 3. The summed E-state index contributed by atoms with van der Waals surface area (Å²) in [6.45, 7) is 4.88. The molecule has 0 amide bonds. The van der Waals surface area contributed by atoms with Crippen molar-refractivity contribution in [2.45, 2.75) is 24.8 Å². The summed E-state index contributed by atoms with van der Waals surface area (Å²) in [5.74, 6) is 0.735. The van der Waals surface area contributed by atoms with E-state index in [-0.39, 0.29) is 11.4 Å². The van der Waals surface area contributed by atoms with Crippen LogP contribution in [0.15, 0.2) is 65.6 Å². The first kappa shape index (κ1) is 24.5. The van der Waals surface area contributed by atoms with Gasteiger partial charge in [-0.25, -0.2) is 8.42 Å². The fourth-order valence-electron chi connectivity index (χ4n) is 3.75. The van der Waals surface area contributed by atoms with Gasteiger partial charge in [-0.1, -0.05) is 18.2 Å². The smallest absolute Gasteiger partial charge is 0.262 e. The van der Waals surface area contributed by atoms with Crippen molar-refractivity contribution in [2.75, 3.05) is 30.2 Å². The minimum absolute atomic E-state index is 0.118. The third-order valence-corrected chi connectivity index (χ3v) is 7.16. The fourth-order valence-corrected chi connectivity index (χ4v) is 5.08. The summed E-state index contributed by atoms with van der Waals surface area (Å²) in [6, 6.07) is 17.2. The summed E-state index contributed by atoms with van der Waals surface area (Å²) in [5, 5.41) is 21.9. The van der Waals surface area contributed by atoms with Gasteiger partial charge < -0.3 is 20.9 Å². The van der Waals surface area contributed by atoms with Crippen LogP contribution >= 0.6 is 0 Å². The molecular formula is C25H29N5O4S. The fraction of sp³-hybridized carbons (Fsp3) is 0.240. The Balaban J connectivity index is 1.29. The van der Waals surface area contributed by atoms with Crippen LogP contribution in [-0.2, 0) is 10.0 Å². The zero-order valence-corrected chi connectivity index (χ0v) is 20.4. The van der Waals surface area contributed by atoms with E-state index in [1.54, 1.807) is 43.3 Å². The summed E-state index contributed by atoms with van der Waals surface area (Å²) in [6.07, 6.45) is -0.821. The van der Waals surface area contributed by atoms with E-state index in [1.807, 2.05) is 25.1 Å². The van der Waals surface area contributed by atoms with Crippen molar-refractivity contribution in [1.82, 2.24) is 15.5 Å². The number of hydrogen-bond donors (Lipinski definition) is 5. The molecule has 0 fully saturated rings. The molecule has 9 nitrogen and oxygen atoms in total. The van der Waals surface area contributed by atoms with Crippen molar-refractivity contribution in [3.8, 4) is 5.75 Å². The Morgan fingerprint density at radius 1 is 1.11 bits per heavy atom. The van der Waals surface area contributed by atoms with Crippen molar-refractivity contribution in [3.05, 3.63) is 77.5 Å². The third-order valence-electron chi connectivity index (χ3n) is 5.64. The van der Waals surface area contributed by atoms with E-state index in [2.05, 4.69) is 20.2 Å². The van der Waals surface area contributed by atoms with Crippen molar-refractivity contribution in [2.24, 2.45) is 0 Å². The number of hydrogen-bond acceptors (Lipinski definition) is 7. The first-order chi connectivity index (χ1) is 16.7. The Morgan fingerprint density at radius 2 is 1.94 bits per heavy atom. The number of fused-ring (bicyclic) bond motifs is 1. The number of nitrogens with zero attached hydrogens (tertiary/aromatic N) is 1. The summed E-state index contributed by atoms with van der Waals surface area (Å²) in [5.41, 5.74) is 9.53. The Bertz CT molecular complexity index is 1440. The number of anilines is 2. The summed E-state index contributed by atoms with van der Waals surface area (Å²) in [4.78, 5) is 0.118. The highest BCUT2D eigenvalue weighted by Crippen LogP contribution is 2.24. The molecule has 4 aromatic rings. The minimum Gasteiger partial charge on any atom is -0.492 e. The number of nitrogen functional groups attached to an aromatic ring is 1. The SMILES string of the molecule is Cc1ccc(N)cc1S(=O)(=O)Nc1cccc([C@@H](O)CNCCOc2ccc3c(C)n[nH]c3c2)c1. The quantitative estimate of drug-likeness (QED) is 0.168. The van der Waals surface area contributed by atoms with E-state index < -0.39 is 16.1 Å². The van der Waals surface area contributed by atoms with Gasteiger partial charge in [0.05, 0.1) is 22.2 Å². The van der Waals surface area contributed by atoms with Crippen LogP contribution in [0.3, 0.4) is 0 Å². The van der Waals surface area contributed by atoms with E-state index >= 15 is 0 Å². The van der Waals surface area contributed by atoms with E-state index in [0.717, 1.165) is 22.3 Å². The topological polar surface area (TPSA) is 142 Å².